The van der Waals surface area contributed by atoms with Crippen molar-refractivity contribution in [1.29, 1.82) is 0 Å². The predicted octanol–water partition coefficient (Wildman–Crippen LogP) is 5.54. The van der Waals surface area contributed by atoms with Gasteiger partial charge in [0, 0.05) is 16.1 Å². The third-order valence-electron chi connectivity index (χ3n) is 3.25. The first-order valence-corrected chi connectivity index (χ1v) is 8.35. The van der Waals surface area contributed by atoms with Gasteiger partial charge in [-0.1, -0.05) is 83.0 Å². The van der Waals surface area contributed by atoms with Crippen LogP contribution in [0.5, 0.6) is 0 Å². The van der Waals surface area contributed by atoms with E-state index in [1.807, 2.05) is 0 Å². The lowest BCUT2D eigenvalue weighted by molar-refractivity contribution is 0.321. The van der Waals surface area contributed by atoms with Crippen molar-refractivity contribution >= 4 is 31.9 Å². The molecule has 0 heterocycles. The van der Waals surface area contributed by atoms with E-state index < -0.39 is 0 Å². The lowest BCUT2D eigenvalue weighted by Gasteiger charge is -2.33. The third-order valence-corrected chi connectivity index (χ3v) is 5.40. The zero-order chi connectivity index (χ0) is 12.9. The van der Waals surface area contributed by atoms with Crippen LogP contribution in [0.1, 0.15) is 39.2 Å². The van der Waals surface area contributed by atoms with Crippen LogP contribution in [0.15, 0.2) is 30.3 Å². The molecule has 0 spiro atoms. The molecule has 0 nitrogen and oxygen atoms in total. The summed E-state index contributed by atoms with van der Waals surface area (Å²) >= 11 is 7.42. The molecular weight excluding hydrogens is 340 g/mol. The molecule has 0 aliphatic carbocycles. The smallest absolute Gasteiger partial charge is 0.0147 e. The lowest BCUT2D eigenvalue weighted by atomic mass is 9.76. The fraction of sp³-hybridized carbons (Fsp3) is 0.600. The molecule has 0 radical (unpaired) electrons. The third kappa shape index (κ3) is 4.40. The van der Waals surface area contributed by atoms with E-state index in [-0.39, 0.29) is 5.41 Å². The number of hydrogen-bond acceptors (Lipinski definition) is 0. The normalized spacial score (nSPS) is 12.8. The molecule has 0 saturated heterocycles. The van der Waals surface area contributed by atoms with Gasteiger partial charge in [0.1, 0.15) is 0 Å². The number of alkyl halides is 2. The van der Waals surface area contributed by atoms with Crippen molar-refractivity contribution in [3.8, 4) is 0 Å². The van der Waals surface area contributed by atoms with Crippen molar-refractivity contribution in [1.82, 2.24) is 0 Å². The first-order valence-electron chi connectivity index (χ1n) is 6.11. The molecule has 96 valence electrons. The second-order valence-corrected chi connectivity index (χ2v) is 7.10. The quantitative estimate of drug-likeness (QED) is 0.604. The van der Waals surface area contributed by atoms with Crippen molar-refractivity contribution in [2.75, 3.05) is 10.7 Å². The standard InChI is InChI=1S/C15H22Br2/c1-14(2,3)9-10-15(11-16,12-17)13-7-5-4-6-8-13/h4-8H,9-12H2,1-3H3. The second-order valence-electron chi connectivity index (χ2n) is 5.97. The molecule has 17 heavy (non-hydrogen) atoms. The first-order chi connectivity index (χ1) is 7.93. The van der Waals surface area contributed by atoms with Crippen LogP contribution in [-0.4, -0.2) is 10.7 Å². The van der Waals surface area contributed by atoms with E-state index in [2.05, 4.69) is 83.0 Å². The Labute approximate surface area is 122 Å². The highest BCUT2D eigenvalue weighted by Crippen LogP contribution is 2.37. The van der Waals surface area contributed by atoms with E-state index in [9.17, 15) is 0 Å². The van der Waals surface area contributed by atoms with Gasteiger partial charge in [-0.15, -0.1) is 0 Å². The van der Waals surface area contributed by atoms with Gasteiger partial charge in [0.15, 0.2) is 0 Å². The molecule has 0 N–H and O–H groups in total. The van der Waals surface area contributed by atoms with Crippen LogP contribution >= 0.6 is 31.9 Å². The monoisotopic (exact) mass is 360 g/mol. The summed E-state index contributed by atoms with van der Waals surface area (Å²) in [6, 6.07) is 10.8. The van der Waals surface area contributed by atoms with Crippen LogP contribution in [0.2, 0.25) is 0 Å². The Morgan fingerprint density at radius 2 is 1.41 bits per heavy atom. The Balaban J connectivity index is 2.90. The highest BCUT2D eigenvalue weighted by molar-refractivity contribution is 9.09. The summed E-state index contributed by atoms with van der Waals surface area (Å²) < 4.78 is 0. The molecule has 1 aromatic carbocycles. The maximum atomic E-state index is 3.71. The van der Waals surface area contributed by atoms with Gasteiger partial charge in [-0.2, -0.15) is 0 Å². The average molecular weight is 362 g/mol. The molecule has 0 saturated carbocycles. The van der Waals surface area contributed by atoms with Gasteiger partial charge in [-0.05, 0) is 23.8 Å². The van der Waals surface area contributed by atoms with Gasteiger partial charge < -0.3 is 0 Å². The molecule has 2 heteroatoms. The molecule has 1 aromatic rings. The van der Waals surface area contributed by atoms with E-state index in [1.165, 1.54) is 18.4 Å². The Morgan fingerprint density at radius 1 is 0.882 bits per heavy atom. The van der Waals surface area contributed by atoms with E-state index in [4.69, 9.17) is 0 Å². The molecule has 0 atom stereocenters. The van der Waals surface area contributed by atoms with Crippen LogP contribution in [0, 0.1) is 5.41 Å². The summed E-state index contributed by atoms with van der Waals surface area (Å²) in [6.45, 7) is 6.93. The van der Waals surface area contributed by atoms with Crippen molar-refractivity contribution in [3.05, 3.63) is 35.9 Å². The predicted molar refractivity (Wildman–Crippen MR) is 84.4 cm³/mol. The number of rotatable bonds is 5. The summed E-state index contributed by atoms with van der Waals surface area (Å²) in [5.41, 5.74) is 2.04. The van der Waals surface area contributed by atoms with Crippen LogP contribution in [0.3, 0.4) is 0 Å². The van der Waals surface area contributed by atoms with Gasteiger partial charge in [0.25, 0.3) is 0 Å². The molecule has 0 aliphatic heterocycles. The maximum Gasteiger partial charge on any atom is 0.0147 e. The van der Waals surface area contributed by atoms with Crippen molar-refractivity contribution in [2.45, 2.75) is 39.0 Å². The lowest BCUT2D eigenvalue weighted by Crippen LogP contribution is -2.31. The van der Waals surface area contributed by atoms with E-state index in [0.29, 0.717) is 5.41 Å². The molecule has 0 unspecified atom stereocenters. The Bertz CT molecular complexity index is 321. The summed E-state index contributed by atoms with van der Waals surface area (Å²) in [5.74, 6) is 0. The Morgan fingerprint density at radius 3 is 1.82 bits per heavy atom. The van der Waals surface area contributed by atoms with Gasteiger partial charge in [0.05, 0.1) is 0 Å². The fourth-order valence-electron chi connectivity index (χ4n) is 1.87. The van der Waals surface area contributed by atoms with Crippen LogP contribution in [-0.2, 0) is 5.41 Å². The highest BCUT2D eigenvalue weighted by Gasteiger charge is 2.31. The van der Waals surface area contributed by atoms with Gasteiger partial charge >= 0.3 is 0 Å². The Kier molecular flexibility index (Phi) is 5.72. The van der Waals surface area contributed by atoms with Crippen molar-refractivity contribution in [3.63, 3.8) is 0 Å². The second kappa shape index (κ2) is 6.38. The minimum Gasteiger partial charge on any atom is -0.0918 e. The number of halogens is 2. The highest BCUT2D eigenvalue weighted by atomic mass is 79.9. The average Bonchev–Trinajstić information content (AvgIpc) is 2.31. The van der Waals surface area contributed by atoms with Gasteiger partial charge in [-0.25, -0.2) is 0 Å². The Hall–Kier alpha value is 0.180. The van der Waals surface area contributed by atoms with Crippen LogP contribution in [0.4, 0.5) is 0 Å². The first kappa shape index (κ1) is 15.2. The van der Waals surface area contributed by atoms with Crippen LogP contribution in [0.25, 0.3) is 0 Å². The van der Waals surface area contributed by atoms with Crippen molar-refractivity contribution in [2.24, 2.45) is 5.41 Å². The molecular formula is C15H22Br2. The van der Waals surface area contributed by atoms with Crippen LogP contribution < -0.4 is 0 Å². The topological polar surface area (TPSA) is 0 Å². The maximum absolute atomic E-state index is 3.71. The molecule has 1 rings (SSSR count). The fourth-order valence-corrected chi connectivity index (χ4v) is 4.01. The molecule has 0 amide bonds. The SMILES string of the molecule is CC(C)(C)CCC(CBr)(CBr)c1ccccc1. The van der Waals surface area contributed by atoms with E-state index >= 15 is 0 Å². The largest absolute Gasteiger partial charge is 0.0918 e. The molecule has 0 aromatic heterocycles. The van der Waals surface area contributed by atoms with E-state index in [0.717, 1.165) is 10.7 Å². The minimum absolute atomic E-state index is 0.217. The summed E-state index contributed by atoms with van der Waals surface area (Å²) in [6.07, 6.45) is 2.44. The molecule has 0 bridgehead atoms. The summed E-state index contributed by atoms with van der Waals surface area (Å²) in [4.78, 5) is 0. The van der Waals surface area contributed by atoms with Gasteiger partial charge in [0.2, 0.25) is 0 Å². The van der Waals surface area contributed by atoms with Gasteiger partial charge in [-0.3, -0.25) is 0 Å². The van der Waals surface area contributed by atoms with E-state index in [1.54, 1.807) is 0 Å². The number of hydrogen-bond donors (Lipinski definition) is 0. The molecule has 0 fully saturated rings. The zero-order valence-electron chi connectivity index (χ0n) is 11.0. The summed E-state index contributed by atoms with van der Waals surface area (Å²) in [5, 5.41) is 2.01. The molecule has 0 aliphatic rings. The minimum atomic E-state index is 0.217. The summed E-state index contributed by atoms with van der Waals surface area (Å²) in [7, 11) is 0. The zero-order valence-corrected chi connectivity index (χ0v) is 14.1. The van der Waals surface area contributed by atoms with Crippen molar-refractivity contribution < 1.29 is 0 Å². The number of benzene rings is 1.